The molecule has 2 aromatic rings. The van der Waals surface area contributed by atoms with Crippen LogP contribution in [0.2, 0.25) is 10.0 Å². The smallest absolute Gasteiger partial charge is 0.279 e. The third-order valence-corrected chi connectivity index (χ3v) is 4.86. The molecular formula is C21H16Cl2N4O2. The van der Waals surface area contributed by atoms with Crippen molar-refractivity contribution >= 4 is 40.5 Å². The molecule has 0 spiro atoms. The van der Waals surface area contributed by atoms with E-state index in [2.05, 4.69) is 11.1 Å². The van der Waals surface area contributed by atoms with E-state index in [4.69, 9.17) is 38.5 Å². The molecule has 0 radical (unpaired) electrons. The van der Waals surface area contributed by atoms with Crippen LogP contribution in [0.5, 0.6) is 0 Å². The zero-order valence-electron chi connectivity index (χ0n) is 15.3. The third kappa shape index (κ3) is 4.58. The normalized spacial score (nSPS) is 15.7. The quantitative estimate of drug-likeness (QED) is 0.642. The number of aliphatic imine (C=N–C) groups is 1. The van der Waals surface area contributed by atoms with Crippen LogP contribution in [0.15, 0.2) is 47.5 Å². The van der Waals surface area contributed by atoms with Crippen molar-refractivity contribution in [3.8, 4) is 12.1 Å². The SMILES string of the molecule is N#CCCOC1N=C(c2ccccc2Cl)c2cc(Cl)ccc2N(CCC#N)C1=O. The zero-order valence-corrected chi connectivity index (χ0v) is 16.8. The first-order valence-corrected chi connectivity index (χ1v) is 9.62. The van der Waals surface area contributed by atoms with Crippen LogP contribution >= 0.6 is 23.2 Å². The molecule has 3 rings (SSSR count). The molecule has 0 aliphatic carbocycles. The molecule has 1 heterocycles. The van der Waals surface area contributed by atoms with E-state index in [1.54, 1.807) is 36.4 Å². The Morgan fingerprint density at radius 1 is 1.07 bits per heavy atom. The zero-order chi connectivity index (χ0) is 20.8. The van der Waals surface area contributed by atoms with Gasteiger partial charge >= 0.3 is 0 Å². The number of anilines is 1. The van der Waals surface area contributed by atoms with E-state index in [1.807, 2.05) is 12.1 Å². The molecule has 0 saturated heterocycles. The number of hydrogen-bond donors (Lipinski definition) is 0. The van der Waals surface area contributed by atoms with Crippen molar-refractivity contribution in [2.45, 2.75) is 19.1 Å². The monoisotopic (exact) mass is 426 g/mol. The summed E-state index contributed by atoms with van der Waals surface area (Å²) in [7, 11) is 0. The summed E-state index contributed by atoms with van der Waals surface area (Å²) >= 11 is 12.6. The number of halogens is 2. The summed E-state index contributed by atoms with van der Waals surface area (Å²) in [5.41, 5.74) is 2.27. The van der Waals surface area contributed by atoms with Crippen LogP contribution in [0.1, 0.15) is 24.0 Å². The standard InChI is InChI=1S/C21H16Cl2N4O2/c22-14-7-8-18-16(13-14)19(15-5-1-2-6-17(15)23)26-20(29-12-4-10-25)21(28)27(18)11-3-9-24/h1-2,5-8,13,20H,3-4,11-12H2. The van der Waals surface area contributed by atoms with Gasteiger partial charge in [0.25, 0.3) is 5.91 Å². The highest BCUT2D eigenvalue weighted by Gasteiger charge is 2.33. The summed E-state index contributed by atoms with van der Waals surface area (Å²) in [6.45, 7) is 0.225. The molecule has 0 saturated carbocycles. The molecule has 2 aromatic carbocycles. The van der Waals surface area contributed by atoms with Gasteiger partial charge < -0.3 is 9.64 Å². The second kappa shape index (κ2) is 9.54. The summed E-state index contributed by atoms with van der Waals surface area (Å²) in [4.78, 5) is 19.2. The number of hydrogen-bond acceptors (Lipinski definition) is 5. The molecule has 1 aliphatic rings. The van der Waals surface area contributed by atoms with E-state index in [0.29, 0.717) is 32.6 Å². The molecule has 1 atom stereocenters. The van der Waals surface area contributed by atoms with Gasteiger partial charge in [-0.1, -0.05) is 41.4 Å². The molecule has 1 aliphatic heterocycles. The minimum absolute atomic E-state index is 0.0510. The van der Waals surface area contributed by atoms with Crippen LogP contribution in [-0.2, 0) is 9.53 Å². The van der Waals surface area contributed by atoms with Crippen molar-refractivity contribution in [2.75, 3.05) is 18.1 Å². The molecule has 0 fully saturated rings. The van der Waals surface area contributed by atoms with Gasteiger partial charge in [-0.2, -0.15) is 10.5 Å². The fourth-order valence-electron chi connectivity index (χ4n) is 3.01. The van der Waals surface area contributed by atoms with Gasteiger partial charge in [0.15, 0.2) is 0 Å². The number of benzene rings is 2. The fourth-order valence-corrected chi connectivity index (χ4v) is 3.41. The third-order valence-electron chi connectivity index (χ3n) is 4.29. The summed E-state index contributed by atoms with van der Waals surface area (Å²) in [6, 6.07) is 16.3. The number of nitriles is 2. The second-order valence-corrected chi connectivity index (χ2v) is 6.99. The Morgan fingerprint density at radius 2 is 1.83 bits per heavy atom. The summed E-state index contributed by atoms with van der Waals surface area (Å²) in [5.74, 6) is -0.413. The second-order valence-electron chi connectivity index (χ2n) is 6.15. The number of amides is 1. The lowest BCUT2D eigenvalue weighted by Gasteiger charge is -2.24. The predicted molar refractivity (Wildman–Crippen MR) is 111 cm³/mol. The average molecular weight is 427 g/mol. The molecule has 0 bridgehead atoms. The molecule has 29 heavy (non-hydrogen) atoms. The lowest BCUT2D eigenvalue weighted by molar-refractivity contribution is -0.129. The maximum Gasteiger partial charge on any atom is 0.279 e. The Kier molecular flexibility index (Phi) is 6.85. The van der Waals surface area contributed by atoms with Crippen molar-refractivity contribution in [1.82, 2.24) is 0 Å². The molecule has 6 nitrogen and oxygen atoms in total. The number of carbonyl (C=O) groups is 1. The average Bonchev–Trinajstić information content (AvgIpc) is 2.82. The predicted octanol–water partition coefficient (Wildman–Crippen LogP) is 4.35. The van der Waals surface area contributed by atoms with Crippen molar-refractivity contribution in [1.29, 1.82) is 10.5 Å². The summed E-state index contributed by atoms with van der Waals surface area (Å²) in [6.07, 6.45) is -0.905. The Morgan fingerprint density at radius 3 is 2.55 bits per heavy atom. The highest BCUT2D eigenvalue weighted by atomic mass is 35.5. The number of nitrogens with zero attached hydrogens (tertiary/aromatic N) is 4. The van der Waals surface area contributed by atoms with Crippen molar-refractivity contribution in [3.05, 3.63) is 63.6 Å². The molecular weight excluding hydrogens is 411 g/mol. The van der Waals surface area contributed by atoms with E-state index in [9.17, 15) is 4.79 Å². The van der Waals surface area contributed by atoms with Gasteiger partial charge in [0.05, 0.1) is 43.0 Å². The van der Waals surface area contributed by atoms with Gasteiger partial charge in [0.1, 0.15) is 0 Å². The molecule has 8 heteroatoms. The van der Waals surface area contributed by atoms with Crippen LogP contribution < -0.4 is 4.90 Å². The Hall–Kier alpha value is -2.90. The molecule has 1 amide bonds. The number of ether oxygens (including phenoxy) is 1. The number of rotatable bonds is 6. The maximum absolute atomic E-state index is 13.2. The lowest BCUT2D eigenvalue weighted by Crippen LogP contribution is -2.40. The van der Waals surface area contributed by atoms with E-state index in [1.165, 1.54) is 4.90 Å². The van der Waals surface area contributed by atoms with Crippen molar-refractivity contribution in [3.63, 3.8) is 0 Å². The van der Waals surface area contributed by atoms with E-state index < -0.39 is 12.1 Å². The van der Waals surface area contributed by atoms with E-state index >= 15 is 0 Å². The van der Waals surface area contributed by atoms with Crippen LogP contribution in [0.3, 0.4) is 0 Å². The number of fused-ring (bicyclic) bond motifs is 1. The van der Waals surface area contributed by atoms with Gasteiger partial charge in [0.2, 0.25) is 6.23 Å². The summed E-state index contributed by atoms with van der Waals surface area (Å²) in [5, 5.41) is 18.8. The van der Waals surface area contributed by atoms with Gasteiger partial charge in [-0.3, -0.25) is 4.79 Å². The van der Waals surface area contributed by atoms with Crippen molar-refractivity contribution < 1.29 is 9.53 Å². The first kappa shape index (κ1) is 20.8. The van der Waals surface area contributed by atoms with Crippen LogP contribution in [0.25, 0.3) is 0 Å². The molecule has 0 aromatic heterocycles. The van der Waals surface area contributed by atoms with Gasteiger partial charge in [-0.05, 0) is 24.3 Å². The largest absolute Gasteiger partial charge is 0.347 e. The number of carbonyl (C=O) groups excluding carboxylic acids is 1. The lowest BCUT2D eigenvalue weighted by atomic mass is 10.00. The van der Waals surface area contributed by atoms with Gasteiger partial charge in [-0.25, -0.2) is 4.99 Å². The Balaban J connectivity index is 2.19. The molecule has 0 N–H and O–H groups in total. The molecule has 1 unspecified atom stereocenters. The fraction of sp³-hybridized carbons (Fsp3) is 0.238. The van der Waals surface area contributed by atoms with Crippen LogP contribution in [-0.4, -0.2) is 31.0 Å². The van der Waals surface area contributed by atoms with E-state index in [-0.39, 0.29) is 26.0 Å². The van der Waals surface area contributed by atoms with Crippen LogP contribution in [0.4, 0.5) is 5.69 Å². The van der Waals surface area contributed by atoms with Crippen molar-refractivity contribution in [2.24, 2.45) is 4.99 Å². The highest BCUT2D eigenvalue weighted by molar-refractivity contribution is 6.37. The minimum Gasteiger partial charge on any atom is -0.347 e. The van der Waals surface area contributed by atoms with E-state index in [0.717, 1.165) is 0 Å². The Bertz CT molecular complexity index is 1040. The van der Waals surface area contributed by atoms with Crippen LogP contribution in [0, 0.1) is 22.7 Å². The topological polar surface area (TPSA) is 89.5 Å². The first-order valence-electron chi connectivity index (χ1n) is 8.86. The Labute approximate surface area is 178 Å². The minimum atomic E-state index is -1.17. The number of benzodiazepines with no additional fused rings is 1. The molecule has 146 valence electrons. The van der Waals surface area contributed by atoms with Gasteiger partial charge in [-0.15, -0.1) is 0 Å². The summed E-state index contributed by atoms with van der Waals surface area (Å²) < 4.78 is 5.62. The van der Waals surface area contributed by atoms with Gasteiger partial charge in [0, 0.05) is 27.7 Å². The maximum atomic E-state index is 13.2. The first-order chi connectivity index (χ1) is 14.1. The highest BCUT2D eigenvalue weighted by Crippen LogP contribution is 2.33.